The van der Waals surface area contributed by atoms with Crippen molar-refractivity contribution in [2.75, 3.05) is 12.0 Å². The molecule has 0 unspecified atom stereocenters. The zero-order chi connectivity index (χ0) is 15.5. The lowest BCUT2D eigenvalue weighted by Crippen LogP contribution is -2.28. The lowest BCUT2D eigenvalue weighted by Gasteiger charge is -2.16. The lowest BCUT2D eigenvalue weighted by molar-refractivity contribution is 0.419. The molecule has 120 valence electrons. The van der Waals surface area contributed by atoms with Crippen molar-refractivity contribution < 1.29 is 4.52 Å². The van der Waals surface area contributed by atoms with Crippen molar-refractivity contribution in [1.29, 1.82) is 0 Å². The Balaban J connectivity index is 1.28. The van der Waals surface area contributed by atoms with Gasteiger partial charge in [0, 0.05) is 25.7 Å². The molecule has 4 heterocycles. The topological polar surface area (TPSA) is 109 Å². The molecule has 1 aliphatic rings. The van der Waals surface area contributed by atoms with Crippen molar-refractivity contribution in [1.82, 2.24) is 35.2 Å². The number of imidazole rings is 1. The van der Waals surface area contributed by atoms with E-state index in [9.17, 15) is 0 Å². The Morgan fingerprint density at radius 3 is 3.22 bits per heavy atom. The summed E-state index contributed by atoms with van der Waals surface area (Å²) in [5.41, 5.74) is 1.96. The zero-order valence-corrected chi connectivity index (χ0v) is 12.6. The number of H-pyrrole nitrogens is 1. The van der Waals surface area contributed by atoms with Gasteiger partial charge >= 0.3 is 0 Å². The Hall–Kier alpha value is -2.68. The fraction of sp³-hybridized carbons (Fsp3) is 0.429. The molecule has 4 rings (SSSR count). The number of anilines is 1. The normalized spacial score (nSPS) is 13.7. The molecule has 3 aromatic heterocycles. The Bertz CT molecular complexity index is 760. The van der Waals surface area contributed by atoms with E-state index in [-0.39, 0.29) is 0 Å². The quantitative estimate of drug-likeness (QED) is 0.585. The number of hydrogen-bond acceptors (Lipinski definition) is 7. The monoisotopic (exact) mass is 314 g/mol. The molecule has 0 amide bonds. The summed E-state index contributed by atoms with van der Waals surface area (Å²) in [5, 5.41) is 17.2. The number of fused-ring (bicyclic) bond motifs is 1. The van der Waals surface area contributed by atoms with E-state index in [1.54, 1.807) is 6.20 Å². The maximum absolute atomic E-state index is 5.22. The van der Waals surface area contributed by atoms with Crippen LogP contribution in [-0.4, -0.2) is 36.6 Å². The molecule has 0 spiro atoms. The highest BCUT2D eigenvalue weighted by Crippen LogP contribution is 2.17. The van der Waals surface area contributed by atoms with Gasteiger partial charge in [-0.05, 0) is 18.9 Å². The molecule has 0 saturated carbocycles. The van der Waals surface area contributed by atoms with Gasteiger partial charge in [-0.1, -0.05) is 5.16 Å². The summed E-state index contributed by atoms with van der Waals surface area (Å²) in [7, 11) is 0. The van der Waals surface area contributed by atoms with Crippen molar-refractivity contribution in [2.45, 2.75) is 32.4 Å². The van der Waals surface area contributed by atoms with E-state index in [0.29, 0.717) is 5.89 Å². The molecule has 0 aromatic carbocycles. The third kappa shape index (κ3) is 2.95. The van der Waals surface area contributed by atoms with Crippen LogP contribution in [0.15, 0.2) is 23.1 Å². The maximum atomic E-state index is 5.22. The van der Waals surface area contributed by atoms with Crippen molar-refractivity contribution in [2.24, 2.45) is 0 Å². The van der Waals surface area contributed by atoms with Crippen molar-refractivity contribution >= 4 is 5.82 Å². The molecule has 9 heteroatoms. The standard InChI is InChI=1S/C14H18N8O/c1(2-6-22-9-17-13-11(22)7-15-8-16-13)3-12-19-14(23-21-12)10-4-5-18-20-10/h4-5,9,15-16H,1-3,6-8H2,(H,18,20). The molecular formula is C14H18N8O. The minimum atomic E-state index is 0.485. The summed E-state index contributed by atoms with van der Waals surface area (Å²) in [6.45, 7) is 2.58. The van der Waals surface area contributed by atoms with Crippen LogP contribution in [0.3, 0.4) is 0 Å². The largest absolute Gasteiger partial charge is 0.356 e. The predicted molar refractivity (Wildman–Crippen MR) is 82.4 cm³/mol. The van der Waals surface area contributed by atoms with Gasteiger partial charge in [0.05, 0.1) is 18.7 Å². The highest BCUT2D eigenvalue weighted by atomic mass is 16.5. The number of hydrogen-bond donors (Lipinski definition) is 3. The van der Waals surface area contributed by atoms with Gasteiger partial charge in [-0.2, -0.15) is 10.1 Å². The van der Waals surface area contributed by atoms with Crippen molar-refractivity contribution in [3.63, 3.8) is 0 Å². The Kier molecular flexibility index (Phi) is 3.76. The van der Waals surface area contributed by atoms with E-state index in [2.05, 4.69) is 40.5 Å². The SMILES string of the molecule is c1cc(-c2nc(CCCCn3cnc4c3CNCN4)no2)[nH]n1. The van der Waals surface area contributed by atoms with E-state index in [1.165, 1.54) is 5.69 Å². The van der Waals surface area contributed by atoms with Gasteiger partial charge in [-0.15, -0.1) is 0 Å². The van der Waals surface area contributed by atoms with Gasteiger partial charge in [0.25, 0.3) is 5.89 Å². The number of aromatic nitrogens is 6. The van der Waals surface area contributed by atoms with Gasteiger partial charge in [-0.3, -0.25) is 10.4 Å². The van der Waals surface area contributed by atoms with Crippen LogP contribution in [0.4, 0.5) is 5.82 Å². The second kappa shape index (κ2) is 6.21. The van der Waals surface area contributed by atoms with Crippen molar-refractivity contribution in [3.05, 3.63) is 30.1 Å². The summed E-state index contributed by atoms with van der Waals surface area (Å²) < 4.78 is 7.42. The highest BCUT2D eigenvalue weighted by Gasteiger charge is 2.14. The summed E-state index contributed by atoms with van der Waals surface area (Å²) in [5.74, 6) is 2.20. The minimum Gasteiger partial charge on any atom is -0.356 e. The van der Waals surface area contributed by atoms with Gasteiger partial charge in [-0.25, -0.2) is 4.98 Å². The summed E-state index contributed by atoms with van der Waals surface area (Å²) >= 11 is 0. The van der Waals surface area contributed by atoms with Crippen molar-refractivity contribution in [3.8, 4) is 11.6 Å². The summed E-state index contributed by atoms with van der Waals surface area (Å²) in [6, 6.07) is 1.81. The molecular weight excluding hydrogens is 296 g/mol. The van der Waals surface area contributed by atoms with Gasteiger partial charge in [0.1, 0.15) is 11.5 Å². The number of rotatable bonds is 6. The van der Waals surface area contributed by atoms with E-state index in [1.807, 2.05) is 12.4 Å². The van der Waals surface area contributed by atoms with Crippen LogP contribution in [0.25, 0.3) is 11.6 Å². The molecule has 0 radical (unpaired) electrons. The molecule has 0 bridgehead atoms. The molecule has 0 fully saturated rings. The first kappa shape index (κ1) is 13.9. The Morgan fingerprint density at radius 2 is 2.30 bits per heavy atom. The van der Waals surface area contributed by atoms with Gasteiger partial charge in [0.2, 0.25) is 0 Å². The molecule has 3 aromatic rings. The average molecular weight is 314 g/mol. The number of nitrogens with one attached hydrogen (secondary N) is 3. The lowest BCUT2D eigenvalue weighted by atomic mass is 10.2. The van der Waals surface area contributed by atoms with Gasteiger partial charge < -0.3 is 14.4 Å². The van der Waals surface area contributed by atoms with E-state index >= 15 is 0 Å². The minimum absolute atomic E-state index is 0.485. The maximum Gasteiger partial charge on any atom is 0.275 e. The second-order valence-electron chi connectivity index (χ2n) is 5.46. The van der Waals surface area contributed by atoms with E-state index in [0.717, 1.165) is 56.4 Å². The number of aromatic amines is 1. The number of aryl methyl sites for hydroxylation is 2. The van der Waals surface area contributed by atoms with Crippen LogP contribution in [0.1, 0.15) is 24.4 Å². The van der Waals surface area contributed by atoms with Crippen LogP contribution in [-0.2, 0) is 19.5 Å². The molecule has 0 atom stereocenters. The summed E-state index contributed by atoms with van der Waals surface area (Å²) in [4.78, 5) is 8.76. The fourth-order valence-corrected chi connectivity index (χ4v) is 2.67. The first-order chi connectivity index (χ1) is 11.4. The van der Waals surface area contributed by atoms with E-state index < -0.39 is 0 Å². The highest BCUT2D eigenvalue weighted by molar-refractivity contribution is 5.44. The molecule has 23 heavy (non-hydrogen) atoms. The third-order valence-electron chi connectivity index (χ3n) is 3.87. The zero-order valence-electron chi connectivity index (χ0n) is 12.6. The first-order valence-corrected chi connectivity index (χ1v) is 7.71. The van der Waals surface area contributed by atoms with Crippen LogP contribution in [0.2, 0.25) is 0 Å². The number of unbranched alkanes of at least 4 members (excludes halogenated alkanes) is 1. The molecule has 1 aliphatic heterocycles. The second-order valence-corrected chi connectivity index (χ2v) is 5.46. The predicted octanol–water partition coefficient (Wildman–Crippen LogP) is 1.15. The molecule has 9 nitrogen and oxygen atoms in total. The summed E-state index contributed by atoms with van der Waals surface area (Å²) in [6.07, 6.45) is 6.39. The molecule has 0 saturated heterocycles. The fourth-order valence-electron chi connectivity index (χ4n) is 2.67. The van der Waals surface area contributed by atoms with Crippen LogP contribution < -0.4 is 10.6 Å². The van der Waals surface area contributed by atoms with Gasteiger partial charge in [0.15, 0.2) is 5.82 Å². The Labute approximate surface area is 132 Å². The molecule has 3 N–H and O–H groups in total. The smallest absolute Gasteiger partial charge is 0.275 e. The Morgan fingerprint density at radius 1 is 1.30 bits per heavy atom. The number of nitrogens with zero attached hydrogens (tertiary/aromatic N) is 5. The van der Waals surface area contributed by atoms with Crippen LogP contribution in [0, 0.1) is 0 Å². The molecule has 0 aliphatic carbocycles. The third-order valence-corrected chi connectivity index (χ3v) is 3.87. The van der Waals surface area contributed by atoms with E-state index in [4.69, 9.17) is 4.52 Å². The first-order valence-electron chi connectivity index (χ1n) is 7.71. The van der Waals surface area contributed by atoms with Crippen LogP contribution >= 0.6 is 0 Å². The van der Waals surface area contributed by atoms with Crippen LogP contribution in [0.5, 0.6) is 0 Å². The average Bonchev–Trinajstić information content (AvgIpc) is 3.31.